The molecule has 29 heavy (non-hydrogen) atoms. The Kier molecular flexibility index (Phi) is 7.52. The van der Waals surface area contributed by atoms with E-state index < -0.39 is 5.60 Å². The number of carbonyl (C=O) groups excluding carboxylic acids is 1. The fourth-order valence-electron chi connectivity index (χ4n) is 4.33. The van der Waals surface area contributed by atoms with Crippen molar-refractivity contribution in [3.05, 3.63) is 35.6 Å². The Labute approximate surface area is 173 Å². The highest BCUT2D eigenvalue weighted by Gasteiger charge is 2.30. The molecule has 2 N–H and O–H groups in total. The standard InChI is InChI=1S/C23H35FN2O3/c1-23(2,3)29-22(27)26-21-11-12-25-14-18(21)15-28-20-9-7-16(8-10-20)17-5-4-6-19(24)13-17/h4-6,13,16,18,20-21,25H,7-12,14-15H2,1-3H3,(H,26,27)/t16?,18?,20?,21-/m0/s1. The molecular formula is C23H35FN2O3. The predicted molar refractivity (Wildman–Crippen MR) is 111 cm³/mol. The third-order valence-electron chi connectivity index (χ3n) is 5.85. The first-order valence-corrected chi connectivity index (χ1v) is 10.9. The van der Waals surface area contributed by atoms with Gasteiger partial charge < -0.3 is 20.1 Å². The maximum atomic E-state index is 13.5. The lowest BCUT2D eigenvalue weighted by atomic mass is 9.82. The second-order valence-corrected chi connectivity index (χ2v) is 9.37. The van der Waals surface area contributed by atoms with Crippen LogP contribution < -0.4 is 10.6 Å². The number of hydrogen-bond donors (Lipinski definition) is 2. The smallest absolute Gasteiger partial charge is 0.407 e. The van der Waals surface area contributed by atoms with Gasteiger partial charge in [0.2, 0.25) is 0 Å². The summed E-state index contributed by atoms with van der Waals surface area (Å²) in [5, 5.41) is 6.43. The zero-order valence-electron chi connectivity index (χ0n) is 17.9. The molecule has 1 aromatic rings. The van der Waals surface area contributed by atoms with Gasteiger partial charge in [0.25, 0.3) is 0 Å². The van der Waals surface area contributed by atoms with Crippen LogP contribution >= 0.6 is 0 Å². The number of rotatable bonds is 5. The summed E-state index contributed by atoms with van der Waals surface area (Å²) < 4.78 is 25.1. The molecule has 1 unspecified atom stereocenters. The van der Waals surface area contributed by atoms with E-state index in [4.69, 9.17) is 9.47 Å². The van der Waals surface area contributed by atoms with E-state index in [1.807, 2.05) is 26.8 Å². The largest absolute Gasteiger partial charge is 0.444 e. The topological polar surface area (TPSA) is 59.6 Å². The summed E-state index contributed by atoms with van der Waals surface area (Å²) in [6.07, 6.45) is 4.79. The second kappa shape index (κ2) is 9.90. The molecule has 0 bridgehead atoms. The zero-order valence-corrected chi connectivity index (χ0v) is 17.9. The van der Waals surface area contributed by atoms with Gasteiger partial charge in [0.15, 0.2) is 0 Å². The first-order valence-electron chi connectivity index (χ1n) is 10.9. The van der Waals surface area contributed by atoms with E-state index >= 15 is 0 Å². The average Bonchev–Trinajstić information content (AvgIpc) is 2.66. The molecule has 2 fully saturated rings. The van der Waals surface area contributed by atoms with Crippen molar-refractivity contribution < 1.29 is 18.7 Å². The fourth-order valence-corrected chi connectivity index (χ4v) is 4.33. The average molecular weight is 407 g/mol. The summed E-state index contributed by atoms with van der Waals surface area (Å²) in [6, 6.07) is 7.04. The molecule has 2 aliphatic rings. The monoisotopic (exact) mass is 406 g/mol. The van der Waals surface area contributed by atoms with Crippen LogP contribution in [0.5, 0.6) is 0 Å². The Morgan fingerprint density at radius 1 is 1.21 bits per heavy atom. The van der Waals surface area contributed by atoms with Crippen LogP contribution in [0.25, 0.3) is 0 Å². The highest BCUT2D eigenvalue weighted by atomic mass is 19.1. The van der Waals surface area contributed by atoms with Gasteiger partial charge in [0.05, 0.1) is 12.7 Å². The number of halogens is 1. The van der Waals surface area contributed by atoms with E-state index in [2.05, 4.69) is 10.6 Å². The molecule has 2 atom stereocenters. The van der Waals surface area contributed by atoms with Crippen molar-refractivity contribution in [1.82, 2.24) is 10.6 Å². The lowest BCUT2D eigenvalue weighted by Crippen LogP contribution is -2.52. The summed E-state index contributed by atoms with van der Waals surface area (Å²) in [6.45, 7) is 7.96. The fraction of sp³-hybridized carbons (Fsp3) is 0.696. The van der Waals surface area contributed by atoms with Crippen LogP contribution in [0.3, 0.4) is 0 Å². The predicted octanol–water partition coefficient (Wildman–Crippen LogP) is 4.37. The van der Waals surface area contributed by atoms with Crippen LogP contribution in [0.15, 0.2) is 24.3 Å². The highest BCUT2D eigenvalue weighted by Crippen LogP contribution is 2.34. The van der Waals surface area contributed by atoms with Crippen LogP contribution in [-0.2, 0) is 9.47 Å². The maximum Gasteiger partial charge on any atom is 0.407 e. The summed E-state index contributed by atoms with van der Waals surface area (Å²) in [7, 11) is 0. The summed E-state index contributed by atoms with van der Waals surface area (Å²) in [5.41, 5.74) is 0.602. The van der Waals surface area contributed by atoms with Gasteiger partial charge in [-0.2, -0.15) is 0 Å². The Morgan fingerprint density at radius 3 is 2.66 bits per heavy atom. The lowest BCUT2D eigenvalue weighted by Gasteiger charge is -2.35. The Balaban J connectivity index is 1.44. The van der Waals surface area contributed by atoms with Crippen molar-refractivity contribution in [3.63, 3.8) is 0 Å². The number of piperidine rings is 1. The molecule has 6 heteroatoms. The van der Waals surface area contributed by atoms with Crippen molar-refractivity contribution in [1.29, 1.82) is 0 Å². The van der Waals surface area contributed by atoms with Gasteiger partial charge in [-0.1, -0.05) is 12.1 Å². The molecule has 3 rings (SSSR count). The second-order valence-electron chi connectivity index (χ2n) is 9.37. The summed E-state index contributed by atoms with van der Waals surface area (Å²) in [4.78, 5) is 12.2. The van der Waals surface area contributed by atoms with Crippen LogP contribution in [0.4, 0.5) is 9.18 Å². The number of benzene rings is 1. The van der Waals surface area contributed by atoms with Crippen LogP contribution in [0.2, 0.25) is 0 Å². The molecule has 5 nitrogen and oxygen atoms in total. The maximum absolute atomic E-state index is 13.5. The van der Waals surface area contributed by atoms with Gasteiger partial charge in [-0.25, -0.2) is 9.18 Å². The molecule has 1 aliphatic heterocycles. The van der Waals surface area contributed by atoms with Crippen molar-refractivity contribution >= 4 is 6.09 Å². The van der Waals surface area contributed by atoms with Gasteiger partial charge in [0.1, 0.15) is 11.4 Å². The number of carbonyl (C=O) groups is 1. The molecule has 1 aliphatic carbocycles. The first kappa shape index (κ1) is 22.0. The number of nitrogens with one attached hydrogen (secondary N) is 2. The third-order valence-corrected chi connectivity index (χ3v) is 5.85. The minimum atomic E-state index is -0.497. The van der Waals surface area contributed by atoms with Gasteiger partial charge in [0, 0.05) is 18.5 Å². The van der Waals surface area contributed by atoms with Gasteiger partial charge in [-0.3, -0.25) is 0 Å². The first-order chi connectivity index (χ1) is 13.8. The molecule has 1 aromatic carbocycles. The van der Waals surface area contributed by atoms with E-state index in [-0.39, 0.29) is 30.0 Å². The number of alkyl carbamates (subject to hydrolysis) is 1. The van der Waals surface area contributed by atoms with E-state index in [9.17, 15) is 9.18 Å². The molecule has 1 saturated carbocycles. The van der Waals surface area contributed by atoms with Crippen molar-refractivity contribution in [2.75, 3.05) is 19.7 Å². The molecule has 162 valence electrons. The molecule has 0 aromatic heterocycles. The SMILES string of the molecule is CC(C)(C)OC(=O)N[C@H]1CCNCC1COC1CCC(c2cccc(F)c2)CC1. The highest BCUT2D eigenvalue weighted by molar-refractivity contribution is 5.68. The minimum Gasteiger partial charge on any atom is -0.444 e. The van der Waals surface area contributed by atoms with Crippen LogP contribution in [-0.4, -0.2) is 43.5 Å². The number of amides is 1. The van der Waals surface area contributed by atoms with E-state index in [1.165, 1.54) is 6.07 Å². The van der Waals surface area contributed by atoms with Crippen molar-refractivity contribution in [2.45, 2.75) is 76.5 Å². The normalized spacial score (nSPS) is 28.0. The molecule has 0 radical (unpaired) electrons. The lowest BCUT2D eigenvalue weighted by molar-refractivity contribution is -0.00773. The summed E-state index contributed by atoms with van der Waals surface area (Å²) in [5.74, 6) is 0.495. The molecule has 1 saturated heterocycles. The number of ether oxygens (including phenoxy) is 2. The van der Waals surface area contributed by atoms with E-state index in [0.717, 1.165) is 50.8 Å². The van der Waals surface area contributed by atoms with E-state index in [1.54, 1.807) is 12.1 Å². The van der Waals surface area contributed by atoms with Crippen LogP contribution in [0, 0.1) is 11.7 Å². The number of hydrogen-bond acceptors (Lipinski definition) is 4. The molecule has 1 amide bonds. The Morgan fingerprint density at radius 2 is 1.97 bits per heavy atom. The van der Waals surface area contributed by atoms with Gasteiger partial charge in [-0.05, 0) is 83.0 Å². The Hall–Kier alpha value is -1.66. The zero-order chi connectivity index (χ0) is 20.9. The van der Waals surface area contributed by atoms with Crippen molar-refractivity contribution in [3.8, 4) is 0 Å². The Bertz CT molecular complexity index is 668. The van der Waals surface area contributed by atoms with Gasteiger partial charge >= 0.3 is 6.09 Å². The van der Waals surface area contributed by atoms with E-state index in [0.29, 0.717) is 12.5 Å². The van der Waals surface area contributed by atoms with Gasteiger partial charge in [-0.15, -0.1) is 0 Å². The minimum absolute atomic E-state index is 0.0646. The molecule has 1 heterocycles. The van der Waals surface area contributed by atoms with Crippen molar-refractivity contribution in [2.24, 2.45) is 5.92 Å². The third kappa shape index (κ3) is 6.96. The van der Waals surface area contributed by atoms with Crippen LogP contribution in [0.1, 0.15) is 64.4 Å². The quantitative estimate of drug-likeness (QED) is 0.762. The molecular weight excluding hydrogens is 371 g/mol. The summed E-state index contributed by atoms with van der Waals surface area (Å²) >= 11 is 0. The molecule has 0 spiro atoms.